The average molecular weight is 357 g/mol. The SMILES string of the molecule is N#Cc1c(-c2cccc(C(F)(F)F)c2)cc(-c2cccc(F)c2)nc1N. The minimum Gasteiger partial charge on any atom is -0.383 e. The number of benzene rings is 2. The zero-order valence-electron chi connectivity index (χ0n) is 13.2. The lowest BCUT2D eigenvalue weighted by Crippen LogP contribution is -2.05. The number of alkyl halides is 3. The second kappa shape index (κ2) is 6.48. The molecule has 0 saturated carbocycles. The van der Waals surface area contributed by atoms with Crippen LogP contribution in [0.15, 0.2) is 54.6 Å². The molecule has 0 bridgehead atoms. The first kappa shape index (κ1) is 17.4. The van der Waals surface area contributed by atoms with E-state index < -0.39 is 17.6 Å². The third-order valence-corrected chi connectivity index (χ3v) is 3.78. The lowest BCUT2D eigenvalue weighted by molar-refractivity contribution is -0.137. The molecular formula is C19H11F4N3. The maximum Gasteiger partial charge on any atom is 0.416 e. The molecule has 3 aromatic rings. The summed E-state index contributed by atoms with van der Waals surface area (Å²) < 4.78 is 52.4. The van der Waals surface area contributed by atoms with Crippen LogP contribution in [-0.2, 0) is 6.18 Å². The van der Waals surface area contributed by atoms with E-state index in [1.54, 1.807) is 6.07 Å². The molecule has 7 heteroatoms. The number of nitrogens with zero attached hydrogens (tertiary/aromatic N) is 2. The number of nitrogen functional groups attached to an aromatic ring is 1. The molecule has 3 nitrogen and oxygen atoms in total. The summed E-state index contributed by atoms with van der Waals surface area (Å²) in [6.45, 7) is 0. The van der Waals surface area contributed by atoms with Crippen molar-refractivity contribution in [2.45, 2.75) is 6.18 Å². The Morgan fingerprint density at radius 3 is 2.31 bits per heavy atom. The highest BCUT2D eigenvalue weighted by Crippen LogP contribution is 2.35. The maximum atomic E-state index is 13.5. The summed E-state index contributed by atoms with van der Waals surface area (Å²) >= 11 is 0. The van der Waals surface area contributed by atoms with Crippen molar-refractivity contribution in [1.82, 2.24) is 4.98 Å². The minimum atomic E-state index is -4.52. The van der Waals surface area contributed by atoms with E-state index >= 15 is 0 Å². The topological polar surface area (TPSA) is 62.7 Å². The van der Waals surface area contributed by atoms with Crippen LogP contribution in [0.5, 0.6) is 0 Å². The number of pyridine rings is 1. The molecule has 1 aromatic heterocycles. The molecular weight excluding hydrogens is 346 g/mol. The molecule has 0 fully saturated rings. The Hall–Kier alpha value is -3.40. The molecule has 26 heavy (non-hydrogen) atoms. The van der Waals surface area contributed by atoms with Crippen LogP contribution in [0.4, 0.5) is 23.4 Å². The van der Waals surface area contributed by atoms with Gasteiger partial charge in [-0.3, -0.25) is 0 Å². The van der Waals surface area contributed by atoms with Crippen molar-refractivity contribution in [2.75, 3.05) is 5.73 Å². The molecule has 0 aliphatic carbocycles. The van der Waals surface area contributed by atoms with Gasteiger partial charge in [-0.2, -0.15) is 18.4 Å². The average Bonchev–Trinajstić information content (AvgIpc) is 2.60. The first-order valence-corrected chi connectivity index (χ1v) is 7.44. The summed E-state index contributed by atoms with van der Waals surface area (Å²) in [6, 6.07) is 13.4. The van der Waals surface area contributed by atoms with E-state index in [0.717, 1.165) is 12.1 Å². The molecule has 0 aliphatic rings. The molecule has 0 atom stereocenters. The van der Waals surface area contributed by atoms with E-state index in [0.29, 0.717) is 5.56 Å². The molecule has 0 unspecified atom stereocenters. The Labute approximate surface area is 146 Å². The molecule has 3 rings (SSSR count). The van der Waals surface area contributed by atoms with Crippen molar-refractivity contribution in [1.29, 1.82) is 5.26 Å². The number of nitrogens with two attached hydrogens (primary N) is 1. The summed E-state index contributed by atoms with van der Waals surface area (Å²) in [5.74, 6) is -0.630. The lowest BCUT2D eigenvalue weighted by atomic mass is 9.97. The van der Waals surface area contributed by atoms with Crippen molar-refractivity contribution in [3.8, 4) is 28.5 Å². The Morgan fingerprint density at radius 2 is 1.65 bits per heavy atom. The number of rotatable bonds is 2. The molecule has 0 spiro atoms. The van der Waals surface area contributed by atoms with Gasteiger partial charge < -0.3 is 5.73 Å². The van der Waals surface area contributed by atoms with Crippen LogP contribution in [-0.4, -0.2) is 4.98 Å². The Bertz CT molecular complexity index is 1020. The van der Waals surface area contributed by atoms with E-state index in [9.17, 15) is 22.8 Å². The van der Waals surface area contributed by atoms with Gasteiger partial charge in [0.15, 0.2) is 0 Å². The fourth-order valence-electron chi connectivity index (χ4n) is 2.57. The molecule has 0 radical (unpaired) electrons. The number of anilines is 1. The fourth-order valence-corrected chi connectivity index (χ4v) is 2.57. The first-order valence-electron chi connectivity index (χ1n) is 7.44. The van der Waals surface area contributed by atoms with Crippen molar-refractivity contribution in [2.24, 2.45) is 0 Å². The second-order valence-corrected chi connectivity index (χ2v) is 5.52. The summed E-state index contributed by atoms with van der Waals surface area (Å²) in [5, 5.41) is 9.34. The van der Waals surface area contributed by atoms with Crippen LogP contribution in [0, 0.1) is 17.1 Å². The molecule has 1 heterocycles. The number of halogens is 4. The van der Waals surface area contributed by atoms with E-state index in [-0.39, 0.29) is 28.2 Å². The smallest absolute Gasteiger partial charge is 0.383 e. The third kappa shape index (κ3) is 3.35. The first-order chi connectivity index (χ1) is 12.3. The van der Waals surface area contributed by atoms with Crippen molar-refractivity contribution in [3.05, 3.63) is 71.5 Å². The van der Waals surface area contributed by atoms with Crippen LogP contribution < -0.4 is 5.73 Å². The summed E-state index contributed by atoms with van der Waals surface area (Å²) in [5.41, 5.74) is 5.96. The van der Waals surface area contributed by atoms with E-state index in [1.807, 2.05) is 6.07 Å². The minimum absolute atomic E-state index is 0.0375. The van der Waals surface area contributed by atoms with Gasteiger partial charge in [-0.1, -0.05) is 24.3 Å². The van der Waals surface area contributed by atoms with E-state index in [2.05, 4.69) is 4.98 Å². The normalized spacial score (nSPS) is 11.2. The van der Waals surface area contributed by atoms with Gasteiger partial charge >= 0.3 is 6.18 Å². The van der Waals surface area contributed by atoms with Crippen molar-refractivity contribution < 1.29 is 17.6 Å². The molecule has 0 saturated heterocycles. The third-order valence-electron chi connectivity index (χ3n) is 3.78. The molecule has 0 amide bonds. The lowest BCUT2D eigenvalue weighted by Gasteiger charge is -2.12. The largest absolute Gasteiger partial charge is 0.416 e. The number of nitriles is 1. The van der Waals surface area contributed by atoms with Crippen molar-refractivity contribution >= 4 is 5.82 Å². The van der Waals surface area contributed by atoms with Crippen LogP contribution in [0.2, 0.25) is 0 Å². The van der Waals surface area contributed by atoms with Gasteiger partial charge in [0.1, 0.15) is 23.3 Å². The highest BCUT2D eigenvalue weighted by molar-refractivity contribution is 5.80. The van der Waals surface area contributed by atoms with E-state index in [1.165, 1.54) is 36.4 Å². The highest BCUT2D eigenvalue weighted by Gasteiger charge is 2.30. The maximum absolute atomic E-state index is 13.5. The molecule has 2 N–H and O–H groups in total. The number of aromatic nitrogens is 1. The van der Waals surface area contributed by atoms with Gasteiger partial charge in [0.2, 0.25) is 0 Å². The van der Waals surface area contributed by atoms with Crippen LogP contribution in [0.25, 0.3) is 22.4 Å². The van der Waals surface area contributed by atoms with Gasteiger partial charge in [0.25, 0.3) is 0 Å². The zero-order chi connectivity index (χ0) is 18.9. The van der Waals surface area contributed by atoms with Gasteiger partial charge in [-0.05, 0) is 35.9 Å². The zero-order valence-corrected chi connectivity index (χ0v) is 13.2. The Morgan fingerprint density at radius 1 is 0.962 bits per heavy atom. The highest BCUT2D eigenvalue weighted by atomic mass is 19.4. The standard InChI is InChI=1S/C19H11F4N3/c20-14-6-2-4-12(8-14)17-9-15(16(10-24)18(25)26-17)11-3-1-5-13(7-11)19(21,22)23/h1-9H,(H2,25,26). The van der Waals surface area contributed by atoms with Crippen molar-refractivity contribution in [3.63, 3.8) is 0 Å². The Balaban J connectivity index is 2.23. The van der Waals surface area contributed by atoms with Gasteiger partial charge in [0.05, 0.1) is 11.3 Å². The van der Waals surface area contributed by atoms with Gasteiger partial charge in [-0.25, -0.2) is 9.37 Å². The van der Waals surface area contributed by atoms with Crippen LogP contribution in [0.1, 0.15) is 11.1 Å². The second-order valence-electron chi connectivity index (χ2n) is 5.52. The predicted molar refractivity (Wildman–Crippen MR) is 89.2 cm³/mol. The van der Waals surface area contributed by atoms with Crippen LogP contribution in [0.3, 0.4) is 0 Å². The van der Waals surface area contributed by atoms with Gasteiger partial charge in [0, 0.05) is 11.1 Å². The molecule has 130 valence electrons. The predicted octanol–water partition coefficient (Wildman–Crippen LogP) is 5.03. The Kier molecular flexibility index (Phi) is 4.34. The summed E-state index contributed by atoms with van der Waals surface area (Å²) in [7, 11) is 0. The summed E-state index contributed by atoms with van der Waals surface area (Å²) in [6.07, 6.45) is -4.52. The summed E-state index contributed by atoms with van der Waals surface area (Å²) in [4.78, 5) is 4.08. The van der Waals surface area contributed by atoms with Crippen LogP contribution >= 0.6 is 0 Å². The van der Waals surface area contributed by atoms with E-state index in [4.69, 9.17) is 5.73 Å². The van der Waals surface area contributed by atoms with Gasteiger partial charge in [-0.15, -0.1) is 0 Å². The monoisotopic (exact) mass is 357 g/mol. The molecule has 2 aromatic carbocycles. The number of hydrogen-bond acceptors (Lipinski definition) is 3. The number of hydrogen-bond donors (Lipinski definition) is 1. The quantitative estimate of drug-likeness (QED) is 0.655. The molecule has 0 aliphatic heterocycles. The fraction of sp³-hybridized carbons (Fsp3) is 0.0526.